The molecule has 1 atom stereocenters. The second-order valence-electron chi connectivity index (χ2n) is 5.38. The van der Waals surface area contributed by atoms with E-state index in [-0.39, 0.29) is 30.6 Å². The first-order valence-corrected chi connectivity index (χ1v) is 8.27. The summed E-state index contributed by atoms with van der Waals surface area (Å²) in [6.45, 7) is 1.50. The van der Waals surface area contributed by atoms with E-state index in [4.69, 9.17) is 0 Å². The minimum atomic E-state index is -0.420. The normalized spacial score (nSPS) is 11.6. The molecule has 0 bridgehead atoms. The largest absolute Gasteiger partial charge is 0.352 e. The second kappa shape index (κ2) is 8.59. The number of benzene rings is 2. The molecule has 2 aromatic carbocycles. The van der Waals surface area contributed by atoms with Gasteiger partial charge in [-0.3, -0.25) is 9.59 Å². The molecule has 6 heteroatoms. The Morgan fingerprint density at radius 1 is 1.17 bits per heavy atom. The predicted octanol–water partition coefficient (Wildman–Crippen LogP) is 3.47. The molecule has 0 radical (unpaired) electrons. The van der Waals surface area contributed by atoms with Gasteiger partial charge in [-0.25, -0.2) is 4.39 Å². The highest BCUT2D eigenvalue weighted by Crippen LogP contribution is 2.18. The Hall–Kier alpha value is -2.21. The third-order valence-corrected chi connectivity index (χ3v) is 3.95. The molecule has 0 aromatic heterocycles. The molecular weight excluding hydrogens is 375 g/mol. The van der Waals surface area contributed by atoms with E-state index in [1.54, 1.807) is 12.1 Å². The Bertz CT molecular complexity index is 722. The molecule has 4 nitrogen and oxygen atoms in total. The Kier molecular flexibility index (Phi) is 6.49. The van der Waals surface area contributed by atoms with Crippen LogP contribution in [0.15, 0.2) is 53.0 Å². The average Bonchev–Trinajstić information content (AvgIpc) is 2.55. The summed E-state index contributed by atoms with van der Waals surface area (Å²) in [5, 5.41) is 5.45. The lowest BCUT2D eigenvalue weighted by molar-refractivity contribution is -0.122. The quantitative estimate of drug-likeness (QED) is 0.790. The van der Waals surface area contributed by atoms with E-state index in [2.05, 4.69) is 26.6 Å². The summed E-state index contributed by atoms with van der Waals surface area (Å²) in [5.41, 5.74) is 1.24. The highest BCUT2D eigenvalue weighted by atomic mass is 79.9. The Balaban J connectivity index is 2.00. The van der Waals surface area contributed by atoms with Gasteiger partial charge in [0.15, 0.2) is 0 Å². The summed E-state index contributed by atoms with van der Waals surface area (Å²) in [7, 11) is 0. The van der Waals surface area contributed by atoms with Gasteiger partial charge in [0.25, 0.3) is 0 Å². The van der Waals surface area contributed by atoms with Gasteiger partial charge in [0, 0.05) is 23.5 Å². The minimum absolute atomic E-state index is 0.0826. The zero-order valence-electron chi connectivity index (χ0n) is 13.2. The van der Waals surface area contributed by atoms with Gasteiger partial charge < -0.3 is 10.6 Å². The summed E-state index contributed by atoms with van der Waals surface area (Å²) in [5.74, 6) is -0.855. The summed E-state index contributed by atoms with van der Waals surface area (Å²) in [4.78, 5) is 23.6. The first kappa shape index (κ1) is 18.1. The van der Waals surface area contributed by atoms with E-state index < -0.39 is 6.04 Å². The number of hydrogen-bond acceptors (Lipinski definition) is 2. The van der Waals surface area contributed by atoms with Gasteiger partial charge >= 0.3 is 0 Å². The van der Waals surface area contributed by atoms with Crippen LogP contribution in [0.2, 0.25) is 0 Å². The highest BCUT2D eigenvalue weighted by Gasteiger charge is 2.17. The first-order chi connectivity index (χ1) is 11.5. The lowest BCUT2D eigenvalue weighted by Gasteiger charge is -2.18. The molecule has 0 saturated heterocycles. The number of halogens is 2. The van der Waals surface area contributed by atoms with Crippen LogP contribution >= 0.6 is 15.9 Å². The maximum atomic E-state index is 13.7. The van der Waals surface area contributed by atoms with Crippen LogP contribution in [0.5, 0.6) is 0 Å². The van der Waals surface area contributed by atoms with Crippen molar-refractivity contribution in [3.63, 3.8) is 0 Å². The minimum Gasteiger partial charge on any atom is -0.352 e. The average molecular weight is 393 g/mol. The van der Waals surface area contributed by atoms with Gasteiger partial charge in [-0.15, -0.1) is 0 Å². The zero-order chi connectivity index (χ0) is 17.5. The van der Waals surface area contributed by atoms with E-state index in [0.29, 0.717) is 5.56 Å². The topological polar surface area (TPSA) is 58.2 Å². The lowest BCUT2D eigenvalue weighted by atomic mass is 10.0. The number of hydrogen-bond donors (Lipinski definition) is 2. The fourth-order valence-electron chi connectivity index (χ4n) is 2.31. The van der Waals surface area contributed by atoms with Crippen molar-refractivity contribution < 1.29 is 14.0 Å². The van der Waals surface area contributed by atoms with E-state index >= 15 is 0 Å². The summed E-state index contributed by atoms with van der Waals surface area (Å²) >= 11 is 3.27. The van der Waals surface area contributed by atoms with Crippen LogP contribution in [-0.2, 0) is 16.1 Å². The van der Waals surface area contributed by atoms with Gasteiger partial charge in [-0.1, -0.05) is 46.3 Å². The highest BCUT2D eigenvalue weighted by molar-refractivity contribution is 9.10. The van der Waals surface area contributed by atoms with E-state index in [0.717, 1.165) is 10.0 Å². The molecule has 126 valence electrons. The molecule has 1 unspecified atom stereocenters. The molecule has 0 saturated carbocycles. The molecule has 0 aliphatic heterocycles. The van der Waals surface area contributed by atoms with Gasteiger partial charge in [0.1, 0.15) is 5.82 Å². The third-order valence-electron chi connectivity index (χ3n) is 3.45. The fourth-order valence-corrected chi connectivity index (χ4v) is 2.72. The Labute approximate surface area is 148 Å². The lowest BCUT2D eigenvalue weighted by Crippen LogP contribution is -2.32. The summed E-state index contributed by atoms with van der Waals surface area (Å²) < 4.78 is 14.4. The van der Waals surface area contributed by atoms with Gasteiger partial charge in [0.2, 0.25) is 11.8 Å². The van der Waals surface area contributed by atoms with Crippen molar-refractivity contribution in [1.82, 2.24) is 10.6 Å². The van der Waals surface area contributed by atoms with Crippen molar-refractivity contribution in [3.05, 3.63) is 69.9 Å². The van der Waals surface area contributed by atoms with Crippen LogP contribution in [0.3, 0.4) is 0 Å². The first-order valence-electron chi connectivity index (χ1n) is 7.48. The maximum absolute atomic E-state index is 13.7. The van der Waals surface area contributed by atoms with Gasteiger partial charge in [0.05, 0.1) is 12.5 Å². The number of nitrogens with one attached hydrogen (secondary N) is 2. The summed E-state index contributed by atoms with van der Waals surface area (Å²) in [6.07, 6.45) is 0.0826. The second-order valence-corrected chi connectivity index (χ2v) is 6.30. The maximum Gasteiger partial charge on any atom is 0.222 e. The molecule has 0 fully saturated rings. The molecule has 0 spiro atoms. The molecule has 24 heavy (non-hydrogen) atoms. The number of rotatable bonds is 6. The van der Waals surface area contributed by atoms with Crippen LogP contribution < -0.4 is 10.6 Å². The summed E-state index contributed by atoms with van der Waals surface area (Å²) in [6, 6.07) is 13.4. The van der Waals surface area contributed by atoms with Crippen molar-refractivity contribution in [2.75, 3.05) is 0 Å². The van der Waals surface area contributed by atoms with Crippen molar-refractivity contribution >= 4 is 27.7 Å². The van der Waals surface area contributed by atoms with Crippen molar-refractivity contribution in [3.8, 4) is 0 Å². The van der Waals surface area contributed by atoms with Crippen LogP contribution in [-0.4, -0.2) is 11.8 Å². The molecule has 2 N–H and O–H groups in total. The van der Waals surface area contributed by atoms with Crippen LogP contribution in [0.1, 0.15) is 30.5 Å². The number of carbonyl (C=O) groups excluding carboxylic acids is 2. The molecule has 0 aliphatic carbocycles. The third kappa shape index (κ3) is 5.45. The van der Waals surface area contributed by atoms with Crippen LogP contribution in [0, 0.1) is 5.82 Å². The SMILES string of the molecule is CC(=O)NC(CC(=O)NCc1cc(Br)ccc1F)c1ccccc1. The van der Waals surface area contributed by atoms with E-state index in [9.17, 15) is 14.0 Å². The molecule has 2 aromatic rings. The molecule has 0 heterocycles. The monoisotopic (exact) mass is 392 g/mol. The van der Waals surface area contributed by atoms with Crippen molar-refractivity contribution in [2.24, 2.45) is 0 Å². The smallest absolute Gasteiger partial charge is 0.222 e. The van der Waals surface area contributed by atoms with Crippen molar-refractivity contribution in [1.29, 1.82) is 0 Å². The molecular formula is C18H18BrFN2O2. The Morgan fingerprint density at radius 2 is 1.88 bits per heavy atom. The van der Waals surface area contributed by atoms with Crippen LogP contribution in [0.25, 0.3) is 0 Å². The van der Waals surface area contributed by atoms with E-state index in [1.165, 1.54) is 13.0 Å². The predicted molar refractivity (Wildman–Crippen MR) is 93.6 cm³/mol. The molecule has 0 aliphatic rings. The van der Waals surface area contributed by atoms with Crippen molar-refractivity contribution in [2.45, 2.75) is 25.9 Å². The van der Waals surface area contributed by atoms with E-state index in [1.807, 2.05) is 30.3 Å². The Morgan fingerprint density at radius 3 is 2.54 bits per heavy atom. The van der Waals surface area contributed by atoms with Crippen LogP contribution in [0.4, 0.5) is 4.39 Å². The molecule has 2 rings (SSSR count). The zero-order valence-corrected chi connectivity index (χ0v) is 14.8. The van der Waals surface area contributed by atoms with Gasteiger partial charge in [-0.2, -0.15) is 0 Å². The standard InChI is InChI=1S/C18H18BrFN2O2/c1-12(23)22-17(13-5-3-2-4-6-13)10-18(24)21-11-14-9-15(19)7-8-16(14)20/h2-9,17H,10-11H2,1H3,(H,21,24)(H,22,23). The fraction of sp³-hybridized carbons (Fsp3) is 0.222. The number of amides is 2. The molecule has 2 amide bonds. The number of carbonyl (C=O) groups is 2. The van der Waals surface area contributed by atoms with Gasteiger partial charge in [-0.05, 0) is 23.8 Å².